The molecule has 2 heterocycles. The Kier molecular flexibility index (Phi) is 5.18. The molecule has 0 aliphatic rings. The molecule has 0 aliphatic heterocycles. The van der Waals surface area contributed by atoms with Gasteiger partial charge >= 0.3 is 0 Å². The predicted molar refractivity (Wildman–Crippen MR) is 95.8 cm³/mol. The summed E-state index contributed by atoms with van der Waals surface area (Å²) in [5, 5.41) is 16.5. The molecule has 3 aromatic rings. The number of hydrogen-bond donors (Lipinski definition) is 1. The summed E-state index contributed by atoms with van der Waals surface area (Å²) in [7, 11) is 0. The zero-order chi connectivity index (χ0) is 17.8. The number of aryl methyl sites for hydroxylation is 1. The third-order valence-corrected chi connectivity index (χ3v) is 4.63. The number of nitrogens with zero attached hydrogens (tertiary/aromatic N) is 5. The Labute approximate surface area is 150 Å². The minimum atomic E-state index is -0.515. The van der Waals surface area contributed by atoms with Crippen molar-refractivity contribution in [3.05, 3.63) is 46.4 Å². The van der Waals surface area contributed by atoms with Crippen LogP contribution >= 0.6 is 11.3 Å². The van der Waals surface area contributed by atoms with E-state index in [0.717, 1.165) is 15.4 Å². The molecule has 0 aliphatic carbocycles. The van der Waals surface area contributed by atoms with Crippen molar-refractivity contribution in [1.29, 1.82) is 0 Å². The first-order chi connectivity index (χ1) is 12.0. The second kappa shape index (κ2) is 7.52. The van der Waals surface area contributed by atoms with E-state index in [0.29, 0.717) is 12.4 Å². The van der Waals surface area contributed by atoms with Gasteiger partial charge in [0.2, 0.25) is 11.7 Å². The van der Waals surface area contributed by atoms with Crippen molar-refractivity contribution in [2.24, 2.45) is 5.92 Å². The molecule has 1 N–H and O–H groups in total. The molecule has 1 atom stereocenters. The highest BCUT2D eigenvalue weighted by atomic mass is 32.1. The van der Waals surface area contributed by atoms with E-state index in [-0.39, 0.29) is 11.8 Å². The molecule has 3 rings (SSSR count). The molecule has 0 saturated carbocycles. The molecular formula is C17H20N6OS. The van der Waals surface area contributed by atoms with E-state index in [1.54, 1.807) is 17.5 Å². The summed E-state index contributed by atoms with van der Waals surface area (Å²) in [5.41, 5.74) is 0.872. The molecule has 25 heavy (non-hydrogen) atoms. The molecule has 7 nitrogen and oxygen atoms in total. The maximum atomic E-state index is 12.7. The zero-order valence-corrected chi connectivity index (χ0v) is 15.2. The van der Waals surface area contributed by atoms with E-state index in [4.69, 9.17) is 0 Å². The first-order valence-electron chi connectivity index (χ1n) is 8.08. The lowest BCUT2D eigenvalue weighted by Crippen LogP contribution is -2.36. The monoisotopic (exact) mass is 356 g/mol. The molecule has 0 spiro atoms. The van der Waals surface area contributed by atoms with E-state index in [2.05, 4.69) is 25.7 Å². The average molecular weight is 356 g/mol. The van der Waals surface area contributed by atoms with Crippen LogP contribution in [-0.2, 0) is 11.3 Å². The van der Waals surface area contributed by atoms with Gasteiger partial charge in [-0.3, -0.25) is 4.79 Å². The van der Waals surface area contributed by atoms with Gasteiger partial charge in [-0.1, -0.05) is 44.2 Å². The number of benzene rings is 1. The van der Waals surface area contributed by atoms with Crippen LogP contribution < -0.4 is 5.32 Å². The van der Waals surface area contributed by atoms with Gasteiger partial charge in [-0.2, -0.15) is 4.80 Å². The lowest BCUT2D eigenvalue weighted by Gasteiger charge is -2.18. The predicted octanol–water partition coefficient (Wildman–Crippen LogP) is 2.62. The second-order valence-corrected chi connectivity index (χ2v) is 7.37. The number of rotatable bonds is 6. The largest absolute Gasteiger partial charge is 0.349 e. The third-order valence-electron chi connectivity index (χ3n) is 3.72. The minimum absolute atomic E-state index is 0.0287. The van der Waals surface area contributed by atoms with E-state index >= 15 is 0 Å². The van der Waals surface area contributed by atoms with Crippen molar-refractivity contribution in [2.45, 2.75) is 33.4 Å². The molecule has 8 heteroatoms. The number of hydrogen-bond acceptors (Lipinski definition) is 6. The summed E-state index contributed by atoms with van der Waals surface area (Å²) in [6.45, 7) is 6.32. The van der Waals surface area contributed by atoms with Crippen molar-refractivity contribution in [3.63, 3.8) is 0 Å². The topological polar surface area (TPSA) is 85.6 Å². The highest BCUT2D eigenvalue weighted by molar-refractivity contribution is 7.11. The third kappa shape index (κ3) is 4.08. The van der Waals surface area contributed by atoms with E-state index < -0.39 is 6.04 Å². The second-order valence-electron chi connectivity index (χ2n) is 6.05. The number of tetrazole rings is 1. The van der Waals surface area contributed by atoms with Crippen LogP contribution in [0.3, 0.4) is 0 Å². The summed E-state index contributed by atoms with van der Waals surface area (Å²) in [5.74, 6) is 0.413. The van der Waals surface area contributed by atoms with Crippen LogP contribution in [0.5, 0.6) is 0 Å². The number of aromatic nitrogens is 5. The molecule has 1 aromatic carbocycles. The fourth-order valence-corrected chi connectivity index (χ4v) is 3.22. The van der Waals surface area contributed by atoms with Gasteiger partial charge < -0.3 is 5.32 Å². The Morgan fingerprint density at radius 2 is 2.04 bits per heavy atom. The van der Waals surface area contributed by atoms with Gasteiger partial charge in [0.15, 0.2) is 6.04 Å². The molecule has 2 aromatic heterocycles. The summed E-state index contributed by atoms with van der Waals surface area (Å²) in [6.07, 6.45) is 1.78. The normalized spacial score (nSPS) is 12.3. The highest BCUT2D eigenvalue weighted by Gasteiger charge is 2.27. The summed E-state index contributed by atoms with van der Waals surface area (Å²) in [4.78, 5) is 19.3. The first-order valence-corrected chi connectivity index (χ1v) is 8.90. The number of amides is 1. The number of thiazole rings is 1. The molecule has 0 saturated heterocycles. The fraction of sp³-hybridized carbons (Fsp3) is 0.353. The molecule has 0 radical (unpaired) electrons. The lowest BCUT2D eigenvalue weighted by molar-refractivity contribution is -0.126. The summed E-state index contributed by atoms with van der Waals surface area (Å²) >= 11 is 1.57. The maximum Gasteiger partial charge on any atom is 0.247 e. The van der Waals surface area contributed by atoms with Crippen molar-refractivity contribution in [3.8, 4) is 11.4 Å². The molecular weight excluding hydrogens is 336 g/mol. The van der Waals surface area contributed by atoms with Crippen LogP contribution in [0, 0.1) is 12.8 Å². The standard InChI is InChI=1S/C17H20N6OS/c1-11(2)15(17(24)19-10-14-9-18-12(3)25-14)23-21-16(20-22-23)13-7-5-4-6-8-13/h4-9,11,15H,10H2,1-3H3,(H,19,24). The Bertz CT molecular complexity index is 842. The number of nitrogens with one attached hydrogen (secondary N) is 1. The van der Waals surface area contributed by atoms with Crippen LogP contribution in [0.25, 0.3) is 11.4 Å². The average Bonchev–Trinajstić information content (AvgIpc) is 3.23. The van der Waals surface area contributed by atoms with Crippen molar-refractivity contribution >= 4 is 17.2 Å². The molecule has 0 fully saturated rings. The van der Waals surface area contributed by atoms with Crippen LogP contribution in [0.4, 0.5) is 0 Å². The number of carbonyl (C=O) groups is 1. The van der Waals surface area contributed by atoms with Gasteiger partial charge in [-0.15, -0.1) is 21.5 Å². The van der Waals surface area contributed by atoms with Crippen LogP contribution in [-0.4, -0.2) is 31.1 Å². The van der Waals surface area contributed by atoms with Crippen molar-refractivity contribution in [2.75, 3.05) is 0 Å². The molecule has 1 unspecified atom stereocenters. The van der Waals surface area contributed by atoms with Crippen LogP contribution in [0.15, 0.2) is 36.5 Å². The van der Waals surface area contributed by atoms with Gasteiger partial charge in [-0.05, 0) is 18.1 Å². The lowest BCUT2D eigenvalue weighted by atomic mass is 10.0. The zero-order valence-electron chi connectivity index (χ0n) is 14.4. The summed E-state index contributed by atoms with van der Waals surface area (Å²) < 4.78 is 0. The van der Waals surface area contributed by atoms with Crippen molar-refractivity contribution < 1.29 is 4.79 Å². The quantitative estimate of drug-likeness (QED) is 0.734. The van der Waals surface area contributed by atoms with E-state index in [1.807, 2.05) is 51.1 Å². The first kappa shape index (κ1) is 17.2. The Hall–Kier alpha value is -2.61. The maximum absolute atomic E-state index is 12.7. The summed E-state index contributed by atoms with van der Waals surface area (Å²) in [6, 6.07) is 9.08. The highest BCUT2D eigenvalue weighted by Crippen LogP contribution is 2.19. The van der Waals surface area contributed by atoms with E-state index in [1.165, 1.54) is 4.80 Å². The number of carbonyl (C=O) groups excluding carboxylic acids is 1. The Morgan fingerprint density at radius 1 is 1.28 bits per heavy atom. The Balaban J connectivity index is 1.74. The van der Waals surface area contributed by atoms with Gasteiger partial charge in [0.05, 0.1) is 11.6 Å². The van der Waals surface area contributed by atoms with Gasteiger partial charge in [-0.25, -0.2) is 4.98 Å². The van der Waals surface area contributed by atoms with Crippen molar-refractivity contribution in [1.82, 2.24) is 30.5 Å². The van der Waals surface area contributed by atoms with E-state index in [9.17, 15) is 4.79 Å². The SMILES string of the molecule is Cc1ncc(CNC(=O)C(C(C)C)n2nnc(-c3ccccc3)n2)s1. The van der Waals surface area contributed by atoms with Gasteiger partial charge in [0.1, 0.15) is 0 Å². The smallest absolute Gasteiger partial charge is 0.247 e. The molecule has 0 bridgehead atoms. The molecule has 130 valence electrons. The van der Waals surface area contributed by atoms with Crippen LogP contribution in [0.1, 0.15) is 29.8 Å². The van der Waals surface area contributed by atoms with Gasteiger partial charge in [0, 0.05) is 16.6 Å². The molecule has 1 amide bonds. The minimum Gasteiger partial charge on any atom is -0.349 e. The fourth-order valence-electron chi connectivity index (χ4n) is 2.49. The Morgan fingerprint density at radius 3 is 2.68 bits per heavy atom. The van der Waals surface area contributed by atoms with Gasteiger partial charge in [0.25, 0.3) is 0 Å². The van der Waals surface area contributed by atoms with Crippen LogP contribution in [0.2, 0.25) is 0 Å².